The Kier molecular flexibility index (Phi) is 10.5. The fourth-order valence-corrected chi connectivity index (χ4v) is 7.65. The number of nitrogens with zero attached hydrogens (tertiary/aromatic N) is 3. The van der Waals surface area contributed by atoms with E-state index in [2.05, 4.69) is 18.1 Å². The summed E-state index contributed by atoms with van der Waals surface area (Å²) in [6.07, 6.45) is 6.41. The molecule has 3 unspecified atom stereocenters. The van der Waals surface area contributed by atoms with Gasteiger partial charge in [0.2, 0.25) is 11.8 Å². The number of aliphatic hydroxyl groups is 1. The summed E-state index contributed by atoms with van der Waals surface area (Å²) in [6.45, 7) is 19.7. The fourth-order valence-electron chi connectivity index (χ4n) is 7.65. The number of ether oxygens (including phenoxy) is 3. The predicted molar refractivity (Wildman–Crippen MR) is 158 cm³/mol. The van der Waals surface area contributed by atoms with E-state index in [9.17, 15) is 19.5 Å². The Morgan fingerprint density at radius 3 is 2.55 bits per heavy atom. The maximum absolute atomic E-state index is 14.6. The van der Waals surface area contributed by atoms with E-state index in [1.165, 1.54) is 0 Å². The molecule has 0 radical (unpaired) electrons. The molecule has 4 saturated heterocycles. The molecule has 7 atom stereocenters. The van der Waals surface area contributed by atoms with Crippen LogP contribution in [0.15, 0.2) is 25.3 Å². The second-order valence-corrected chi connectivity index (χ2v) is 12.9. The summed E-state index contributed by atoms with van der Waals surface area (Å²) in [6, 6.07) is -1.56. The number of esters is 1. The molecule has 10 heteroatoms. The molecule has 1 N–H and O–H groups in total. The van der Waals surface area contributed by atoms with Crippen molar-refractivity contribution in [2.45, 2.75) is 76.7 Å². The molecule has 236 valence electrons. The first kappa shape index (κ1) is 32.6. The van der Waals surface area contributed by atoms with E-state index in [0.29, 0.717) is 45.7 Å². The maximum Gasteiger partial charge on any atom is 0.312 e. The van der Waals surface area contributed by atoms with Crippen molar-refractivity contribution in [2.24, 2.45) is 23.7 Å². The van der Waals surface area contributed by atoms with Crippen LogP contribution in [0.25, 0.3) is 0 Å². The molecular weight excluding hydrogens is 538 g/mol. The highest BCUT2D eigenvalue weighted by Gasteiger charge is 2.80. The van der Waals surface area contributed by atoms with Crippen LogP contribution in [0.1, 0.15) is 53.4 Å². The smallest absolute Gasteiger partial charge is 0.312 e. The minimum atomic E-state index is -1.18. The summed E-state index contributed by atoms with van der Waals surface area (Å²) < 4.78 is 18.1. The summed E-state index contributed by atoms with van der Waals surface area (Å²) >= 11 is 0. The minimum absolute atomic E-state index is 0.0806. The van der Waals surface area contributed by atoms with Gasteiger partial charge in [-0.3, -0.25) is 19.3 Å². The zero-order valence-corrected chi connectivity index (χ0v) is 26.0. The molecular formula is C32H51N3O7. The van der Waals surface area contributed by atoms with Crippen LogP contribution in [-0.4, -0.2) is 120 Å². The molecule has 0 saturated carbocycles. The summed E-state index contributed by atoms with van der Waals surface area (Å²) in [5.41, 5.74) is -2.12. The van der Waals surface area contributed by atoms with Crippen molar-refractivity contribution >= 4 is 17.8 Å². The summed E-state index contributed by atoms with van der Waals surface area (Å²) in [5.74, 6) is -2.87. The Hall–Kier alpha value is -2.27. The Balaban J connectivity index is 1.68. The number of hydrogen-bond acceptors (Lipinski definition) is 8. The van der Waals surface area contributed by atoms with Crippen molar-refractivity contribution in [3.05, 3.63) is 25.3 Å². The topological polar surface area (TPSA) is 109 Å². The van der Waals surface area contributed by atoms with Gasteiger partial charge in [0.25, 0.3) is 0 Å². The second-order valence-electron chi connectivity index (χ2n) is 12.9. The normalized spacial score (nSPS) is 33.1. The maximum atomic E-state index is 14.6. The van der Waals surface area contributed by atoms with Gasteiger partial charge < -0.3 is 29.1 Å². The van der Waals surface area contributed by atoms with Gasteiger partial charge in [-0.2, -0.15) is 0 Å². The molecule has 0 aliphatic carbocycles. The Labute approximate surface area is 251 Å². The van der Waals surface area contributed by atoms with Crippen LogP contribution in [0, 0.1) is 23.7 Å². The van der Waals surface area contributed by atoms with E-state index in [-0.39, 0.29) is 36.9 Å². The summed E-state index contributed by atoms with van der Waals surface area (Å²) in [7, 11) is 0. The third-order valence-electron chi connectivity index (χ3n) is 10.1. The van der Waals surface area contributed by atoms with Crippen molar-refractivity contribution in [3.63, 3.8) is 0 Å². The van der Waals surface area contributed by atoms with Gasteiger partial charge in [0, 0.05) is 32.7 Å². The molecule has 0 aromatic carbocycles. The Bertz CT molecular complexity index is 1010. The van der Waals surface area contributed by atoms with E-state index in [1.54, 1.807) is 15.9 Å². The SMILES string of the molecule is C=CCCCCOC(=O)[C@@H]1[C@H]2C(=O)N([C@@H](CO)C(C)C)C(C(=O)N(CC=C)CCN3CCOCC3)C23CC(C)[C@@]1(C)O3. The van der Waals surface area contributed by atoms with Crippen LogP contribution in [0.3, 0.4) is 0 Å². The van der Waals surface area contributed by atoms with Crippen LogP contribution in [-0.2, 0) is 28.6 Å². The first-order valence-electron chi connectivity index (χ1n) is 15.7. The lowest BCUT2D eigenvalue weighted by molar-refractivity contribution is -0.164. The van der Waals surface area contributed by atoms with E-state index >= 15 is 0 Å². The lowest BCUT2D eigenvalue weighted by atomic mass is 9.62. The zero-order valence-electron chi connectivity index (χ0n) is 26.0. The standard InChI is InChI=1S/C32H51N3O7/c1-7-9-10-11-17-41-30(39)26-25-28(37)35(24(21-36)22(3)4)27(32(25)20-23(5)31(26,6)42-32)29(38)34(12-8-2)14-13-33-15-18-40-19-16-33/h7-8,22-27,36H,1-2,9-21H2,3-6H3/t23?,24-,25-,26-,27?,31+,32?/m0/s1. The number of aliphatic hydroxyl groups excluding tert-OH is 1. The third-order valence-corrected chi connectivity index (χ3v) is 10.1. The fraction of sp³-hybridized carbons (Fsp3) is 0.781. The number of rotatable bonds is 15. The highest BCUT2D eigenvalue weighted by Crippen LogP contribution is 2.65. The average Bonchev–Trinajstić information content (AvgIpc) is 3.48. The summed E-state index contributed by atoms with van der Waals surface area (Å²) in [5, 5.41) is 10.5. The van der Waals surface area contributed by atoms with Crippen molar-refractivity contribution in [3.8, 4) is 0 Å². The number of carbonyl (C=O) groups excluding carboxylic acids is 3. The molecule has 4 heterocycles. The highest BCUT2D eigenvalue weighted by molar-refractivity contribution is 5.98. The summed E-state index contributed by atoms with van der Waals surface area (Å²) in [4.78, 5) is 48.4. The van der Waals surface area contributed by atoms with Crippen LogP contribution < -0.4 is 0 Å². The highest BCUT2D eigenvalue weighted by atomic mass is 16.6. The van der Waals surface area contributed by atoms with E-state index in [4.69, 9.17) is 14.2 Å². The van der Waals surface area contributed by atoms with Crippen LogP contribution >= 0.6 is 0 Å². The molecule has 4 aliphatic rings. The van der Waals surface area contributed by atoms with Crippen molar-refractivity contribution in [2.75, 3.05) is 59.2 Å². The Morgan fingerprint density at radius 2 is 1.93 bits per heavy atom. The van der Waals surface area contributed by atoms with Gasteiger partial charge in [0.1, 0.15) is 17.6 Å². The molecule has 0 aromatic heterocycles. The minimum Gasteiger partial charge on any atom is -0.465 e. The number of fused-ring (bicyclic) bond motifs is 1. The van der Waals surface area contributed by atoms with Crippen LogP contribution in [0.2, 0.25) is 0 Å². The molecule has 42 heavy (non-hydrogen) atoms. The van der Waals surface area contributed by atoms with Gasteiger partial charge in [-0.1, -0.05) is 32.9 Å². The molecule has 2 bridgehead atoms. The monoisotopic (exact) mass is 589 g/mol. The molecule has 0 aromatic rings. The van der Waals surface area contributed by atoms with Gasteiger partial charge in [-0.15, -0.1) is 13.2 Å². The third kappa shape index (κ3) is 5.79. The molecule has 4 aliphatic heterocycles. The van der Waals surface area contributed by atoms with E-state index < -0.39 is 41.1 Å². The number of morpholine rings is 1. The second kappa shape index (κ2) is 13.6. The largest absolute Gasteiger partial charge is 0.465 e. The number of allylic oxidation sites excluding steroid dienone is 1. The number of unbranched alkanes of at least 4 members (excludes halogenated alkanes) is 2. The number of amides is 2. The van der Waals surface area contributed by atoms with E-state index in [0.717, 1.165) is 25.9 Å². The van der Waals surface area contributed by atoms with Gasteiger partial charge in [0.05, 0.1) is 44.0 Å². The van der Waals surface area contributed by atoms with E-state index in [1.807, 2.05) is 33.8 Å². The van der Waals surface area contributed by atoms with Crippen LogP contribution in [0.5, 0.6) is 0 Å². The Morgan fingerprint density at radius 1 is 1.21 bits per heavy atom. The number of carbonyl (C=O) groups is 3. The molecule has 10 nitrogen and oxygen atoms in total. The number of likely N-dealkylation sites (tertiary alicyclic amines) is 1. The first-order valence-corrected chi connectivity index (χ1v) is 15.7. The lowest BCUT2D eigenvalue weighted by Crippen LogP contribution is -2.60. The zero-order chi connectivity index (χ0) is 30.7. The van der Waals surface area contributed by atoms with Gasteiger partial charge >= 0.3 is 5.97 Å². The van der Waals surface area contributed by atoms with Gasteiger partial charge in [-0.25, -0.2) is 0 Å². The molecule has 2 amide bonds. The van der Waals surface area contributed by atoms with Crippen molar-refractivity contribution in [1.29, 1.82) is 0 Å². The van der Waals surface area contributed by atoms with Crippen molar-refractivity contribution < 1.29 is 33.7 Å². The average molecular weight is 590 g/mol. The first-order chi connectivity index (χ1) is 20.1. The number of hydrogen-bond donors (Lipinski definition) is 1. The lowest BCUT2D eigenvalue weighted by Gasteiger charge is -2.41. The molecule has 1 spiro atoms. The quantitative estimate of drug-likeness (QED) is 0.176. The van der Waals surface area contributed by atoms with Crippen molar-refractivity contribution in [1.82, 2.24) is 14.7 Å². The molecule has 4 rings (SSSR count). The van der Waals surface area contributed by atoms with Gasteiger partial charge in [-0.05, 0) is 44.4 Å². The predicted octanol–water partition coefficient (Wildman–Crippen LogP) is 2.26. The van der Waals surface area contributed by atoms with Gasteiger partial charge in [0.15, 0.2) is 0 Å². The van der Waals surface area contributed by atoms with Crippen LogP contribution in [0.4, 0.5) is 0 Å². The molecule has 4 fully saturated rings.